The van der Waals surface area contributed by atoms with Crippen molar-refractivity contribution in [1.29, 1.82) is 0 Å². The zero-order chi connectivity index (χ0) is 15.9. The first-order chi connectivity index (χ1) is 10.7. The van der Waals surface area contributed by atoms with E-state index in [1.165, 1.54) is 5.56 Å². The van der Waals surface area contributed by atoms with E-state index in [4.69, 9.17) is 0 Å². The van der Waals surface area contributed by atoms with E-state index in [1.807, 2.05) is 19.1 Å². The molecule has 0 unspecified atom stereocenters. The average molecular weight is 296 g/mol. The van der Waals surface area contributed by atoms with Crippen molar-refractivity contribution in [3.63, 3.8) is 0 Å². The molecule has 0 heterocycles. The molecule has 0 saturated heterocycles. The molecule has 0 fully saturated rings. The molecule has 2 aromatic rings. The second kappa shape index (κ2) is 7.69. The molecule has 2 nitrogen and oxygen atoms in total. The first-order valence-electron chi connectivity index (χ1n) is 7.96. The van der Waals surface area contributed by atoms with Gasteiger partial charge in [-0.05, 0) is 36.1 Å². The number of phenolic OH excluding ortho intramolecular Hbond substituents is 2. The Morgan fingerprint density at radius 2 is 1.68 bits per heavy atom. The van der Waals surface area contributed by atoms with Gasteiger partial charge in [0, 0.05) is 11.1 Å². The van der Waals surface area contributed by atoms with Crippen molar-refractivity contribution in [2.24, 2.45) is 0 Å². The fourth-order valence-corrected chi connectivity index (χ4v) is 2.60. The van der Waals surface area contributed by atoms with E-state index in [1.54, 1.807) is 12.1 Å². The quantitative estimate of drug-likeness (QED) is 0.722. The van der Waals surface area contributed by atoms with Gasteiger partial charge in [-0.3, -0.25) is 0 Å². The average Bonchev–Trinajstić information content (AvgIpc) is 2.51. The van der Waals surface area contributed by atoms with E-state index >= 15 is 0 Å². The SMILES string of the molecule is CCCc1cccc(C=Cc2ccc(O)c(CCC)c2O)c1. The second-order valence-electron chi connectivity index (χ2n) is 5.58. The van der Waals surface area contributed by atoms with Gasteiger partial charge < -0.3 is 10.2 Å². The molecular weight excluding hydrogens is 272 g/mol. The summed E-state index contributed by atoms with van der Waals surface area (Å²) in [5, 5.41) is 20.1. The fourth-order valence-electron chi connectivity index (χ4n) is 2.60. The number of benzene rings is 2. The summed E-state index contributed by atoms with van der Waals surface area (Å²) in [5.74, 6) is 0.351. The lowest BCUT2D eigenvalue weighted by atomic mass is 10.0. The maximum Gasteiger partial charge on any atom is 0.129 e. The molecule has 0 aliphatic heterocycles. The molecule has 0 atom stereocenters. The third kappa shape index (κ3) is 3.91. The highest BCUT2D eigenvalue weighted by molar-refractivity contribution is 5.74. The van der Waals surface area contributed by atoms with E-state index < -0.39 is 0 Å². The molecule has 2 aromatic carbocycles. The van der Waals surface area contributed by atoms with Gasteiger partial charge in [-0.2, -0.15) is 0 Å². The molecular formula is C20H24O2. The lowest BCUT2D eigenvalue weighted by molar-refractivity contribution is 0.437. The molecule has 0 aliphatic carbocycles. The van der Waals surface area contributed by atoms with Crippen molar-refractivity contribution in [3.05, 3.63) is 58.7 Å². The third-order valence-corrected chi connectivity index (χ3v) is 3.73. The Hall–Kier alpha value is -2.22. The minimum atomic E-state index is 0.168. The van der Waals surface area contributed by atoms with Crippen molar-refractivity contribution < 1.29 is 10.2 Å². The Kier molecular flexibility index (Phi) is 5.65. The first-order valence-corrected chi connectivity index (χ1v) is 7.96. The summed E-state index contributed by atoms with van der Waals surface area (Å²) in [6, 6.07) is 11.8. The summed E-state index contributed by atoms with van der Waals surface area (Å²) in [6.07, 6.45) is 7.66. The van der Waals surface area contributed by atoms with Gasteiger partial charge in [-0.1, -0.05) is 63.1 Å². The second-order valence-corrected chi connectivity index (χ2v) is 5.58. The van der Waals surface area contributed by atoms with Crippen molar-refractivity contribution in [2.75, 3.05) is 0 Å². The topological polar surface area (TPSA) is 40.5 Å². The van der Waals surface area contributed by atoms with Crippen molar-refractivity contribution in [2.45, 2.75) is 39.5 Å². The van der Waals surface area contributed by atoms with Crippen molar-refractivity contribution >= 4 is 12.2 Å². The molecule has 0 spiro atoms. The largest absolute Gasteiger partial charge is 0.508 e. The molecule has 2 heteroatoms. The lowest BCUT2D eigenvalue weighted by Gasteiger charge is -2.08. The smallest absolute Gasteiger partial charge is 0.129 e. The number of hydrogen-bond donors (Lipinski definition) is 2. The van der Waals surface area contributed by atoms with Crippen molar-refractivity contribution in [3.8, 4) is 11.5 Å². The van der Waals surface area contributed by atoms with E-state index in [2.05, 4.69) is 31.2 Å². The monoisotopic (exact) mass is 296 g/mol. The van der Waals surface area contributed by atoms with Crippen LogP contribution in [-0.4, -0.2) is 10.2 Å². The Labute approximate surface area is 132 Å². The maximum atomic E-state index is 10.3. The number of aromatic hydroxyl groups is 2. The summed E-state index contributed by atoms with van der Waals surface area (Å²) < 4.78 is 0. The molecule has 0 amide bonds. The van der Waals surface area contributed by atoms with Crippen molar-refractivity contribution in [1.82, 2.24) is 0 Å². The zero-order valence-electron chi connectivity index (χ0n) is 13.3. The summed E-state index contributed by atoms with van der Waals surface area (Å²) >= 11 is 0. The van der Waals surface area contributed by atoms with Gasteiger partial charge in [-0.25, -0.2) is 0 Å². The standard InChI is InChI=1S/C20H24O2/c1-3-6-15-8-5-9-16(14-15)10-11-17-12-13-19(21)18(7-4-2)20(17)22/h5,8-14,21-22H,3-4,6-7H2,1-2H3. The molecule has 2 rings (SSSR count). The molecule has 22 heavy (non-hydrogen) atoms. The highest BCUT2D eigenvalue weighted by atomic mass is 16.3. The number of aryl methyl sites for hydroxylation is 1. The van der Waals surface area contributed by atoms with Crippen LogP contribution in [0.1, 0.15) is 48.9 Å². The fraction of sp³-hybridized carbons (Fsp3) is 0.300. The molecule has 0 bridgehead atoms. The predicted octanol–water partition coefficient (Wildman–Crippen LogP) is 5.17. The lowest BCUT2D eigenvalue weighted by Crippen LogP contribution is -1.88. The summed E-state index contributed by atoms with van der Waals surface area (Å²) in [5.41, 5.74) is 3.81. The minimum Gasteiger partial charge on any atom is -0.508 e. The van der Waals surface area contributed by atoms with E-state index in [0.29, 0.717) is 12.0 Å². The Balaban J connectivity index is 2.26. The highest BCUT2D eigenvalue weighted by Crippen LogP contribution is 2.32. The molecule has 0 aliphatic rings. The first kappa shape index (κ1) is 16.2. The highest BCUT2D eigenvalue weighted by Gasteiger charge is 2.09. The molecule has 0 aromatic heterocycles. The number of hydrogen-bond acceptors (Lipinski definition) is 2. The van der Waals surface area contributed by atoms with E-state index in [9.17, 15) is 10.2 Å². The van der Waals surface area contributed by atoms with Gasteiger partial charge in [0.1, 0.15) is 11.5 Å². The molecule has 116 valence electrons. The van der Waals surface area contributed by atoms with Gasteiger partial charge in [0.15, 0.2) is 0 Å². The zero-order valence-corrected chi connectivity index (χ0v) is 13.3. The van der Waals surface area contributed by atoms with Crippen LogP contribution in [0, 0.1) is 0 Å². The number of phenols is 2. The van der Waals surface area contributed by atoms with Crippen LogP contribution in [-0.2, 0) is 12.8 Å². The Bertz CT molecular complexity index is 657. The summed E-state index contributed by atoms with van der Waals surface area (Å²) in [7, 11) is 0. The van der Waals surface area contributed by atoms with E-state index in [0.717, 1.165) is 30.4 Å². The predicted molar refractivity (Wildman–Crippen MR) is 93.1 cm³/mol. The van der Waals surface area contributed by atoms with Crippen LogP contribution in [0.4, 0.5) is 0 Å². The normalized spacial score (nSPS) is 11.2. The molecule has 2 N–H and O–H groups in total. The summed E-state index contributed by atoms with van der Waals surface area (Å²) in [6.45, 7) is 4.20. The summed E-state index contributed by atoms with van der Waals surface area (Å²) in [4.78, 5) is 0. The van der Waals surface area contributed by atoms with Gasteiger partial charge >= 0.3 is 0 Å². The van der Waals surface area contributed by atoms with Crippen LogP contribution in [0.2, 0.25) is 0 Å². The van der Waals surface area contributed by atoms with Crippen LogP contribution in [0.25, 0.3) is 12.2 Å². The Morgan fingerprint density at radius 1 is 0.909 bits per heavy atom. The maximum absolute atomic E-state index is 10.3. The van der Waals surface area contributed by atoms with Crippen LogP contribution in [0.3, 0.4) is 0 Å². The van der Waals surface area contributed by atoms with Gasteiger partial charge in [0.25, 0.3) is 0 Å². The number of rotatable bonds is 6. The molecule has 0 saturated carbocycles. The van der Waals surface area contributed by atoms with E-state index in [-0.39, 0.29) is 11.5 Å². The molecule has 0 radical (unpaired) electrons. The Morgan fingerprint density at radius 3 is 2.41 bits per heavy atom. The minimum absolute atomic E-state index is 0.168. The van der Waals surface area contributed by atoms with Crippen LogP contribution < -0.4 is 0 Å². The van der Waals surface area contributed by atoms with Crippen LogP contribution in [0.15, 0.2) is 36.4 Å². The van der Waals surface area contributed by atoms with Gasteiger partial charge in [0.05, 0.1) is 0 Å². The van der Waals surface area contributed by atoms with Crippen LogP contribution >= 0.6 is 0 Å². The van der Waals surface area contributed by atoms with Crippen LogP contribution in [0.5, 0.6) is 11.5 Å². The third-order valence-electron chi connectivity index (χ3n) is 3.73. The van der Waals surface area contributed by atoms with Gasteiger partial charge in [0.2, 0.25) is 0 Å². The van der Waals surface area contributed by atoms with Gasteiger partial charge in [-0.15, -0.1) is 0 Å².